The van der Waals surface area contributed by atoms with Crippen molar-refractivity contribution in [3.63, 3.8) is 0 Å². The van der Waals surface area contributed by atoms with Crippen LogP contribution in [0, 0.1) is 0 Å². The summed E-state index contributed by atoms with van der Waals surface area (Å²) in [6, 6.07) is 17.4. The van der Waals surface area contributed by atoms with Crippen LogP contribution in [0.3, 0.4) is 0 Å². The van der Waals surface area contributed by atoms with Gasteiger partial charge in [-0.3, -0.25) is 0 Å². The molecule has 1 aromatic carbocycles. The Morgan fingerprint density at radius 2 is 1.11 bits per heavy atom. The SMILES string of the molecule is CCc1cc(-c2cc3cc4ccc(cc5nc(cc6nc(cc2[nH]3)C=C6)C=C5)[nH]4)c(CC)c(CC)c1CC. The fourth-order valence-corrected chi connectivity index (χ4v) is 5.95. The van der Waals surface area contributed by atoms with E-state index in [1.807, 2.05) is 18.2 Å². The van der Waals surface area contributed by atoms with Crippen LogP contribution in [0.2, 0.25) is 0 Å². The molecule has 0 spiro atoms. The van der Waals surface area contributed by atoms with Crippen LogP contribution in [0.25, 0.3) is 57.5 Å². The number of aromatic nitrogens is 4. The Bertz CT molecular complexity index is 1760. The maximum Gasteiger partial charge on any atom is 0.0659 e. The van der Waals surface area contributed by atoms with E-state index >= 15 is 0 Å². The molecule has 0 atom stereocenters. The maximum absolute atomic E-state index is 4.89. The van der Waals surface area contributed by atoms with Crippen LogP contribution in [0.15, 0.2) is 48.5 Å². The standard InChI is InChI=1S/C34H34N4/c1-5-21-15-32(31(8-4)30(7-3)29(21)6-2)33-19-28-18-26-12-11-24(36-26)16-22-9-10-23(35-22)17-25-13-14-27(37-25)20-34(33)38-28/h9-20,36,38H,5-8H2,1-4H3. The first-order chi connectivity index (χ1) is 18.6. The molecule has 0 amide bonds. The molecule has 4 heteroatoms. The Kier molecular flexibility index (Phi) is 6.32. The van der Waals surface area contributed by atoms with Crippen LogP contribution in [0.5, 0.6) is 0 Å². The topological polar surface area (TPSA) is 57.4 Å². The zero-order valence-corrected chi connectivity index (χ0v) is 22.7. The molecule has 6 rings (SSSR count). The van der Waals surface area contributed by atoms with Crippen LogP contribution in [-0.4, -0.2) is 19.9 Å². The van der Waals surface area contributed by atoms with Gasteiger partial charge >= 0.3 is 0 Å². The summed E-state index contributed by atoms with van der Waals surface area (Å²) in [5, 5.41) is 0. The molecule has 0 fully saturated rings. The van der Waals surface area contributed by atoms with Gasteiger partial charge in [0.15, 0.2) is 0 Å². The van der Waals surface area contributed by atoms with Gasteiger partial charge in [-0.05, 0) is 120 Å². The highest BCUT2D eigenvalue weighted by Crippen LogP contribution is 2.36. The number of fused-ring (bicyclic) bond motifs is 8. The average molecular weight is 499 g/mol. The number of aromatic amines is 2. The molecule has 0 radical (unpaired) electrons. The van der Waals surface area contributed by atoms with Crippen molar-refractivity contribution in [1.29, 1.82) is 0 Å². The monoisotopic (exact) mass is 498 g/mol. The van der Waals surface area contributed by atoms with Crippen LogP contribution >= 0.6 is 0 Å². The molecule has 2 aliphatic rings. The molecular weight excluding hydrogens is 464 g/mol. The summed E-state index contributed by atoms with van der Waals surface area (Å²) in [6.07, 6.45) is 12.4. The number of rotatable bonds is 5. The van der Waals surface area contributed by atoms with Crippen molar-refractivity contribution in [2.45, 2.75) is 53.4 Å². The van der Waals surface area contributed by atoms with Crippen LogP contribution in [0.4, 0.5) is 0 Å². The minimum atomic E-state index is 0.914. The lowest BCUT2D eigenvalue weighted by Gasteiger charge is -2.20. The number of hydrogen-bond donors (Lipinski definition) is 2. The molecule has 2 N–H and O–H groups in total. The summed E-state index contributed by atoms with van der Waals surface area (Å²) in [6.45, 7) is 9.14. The third kappa shape index (κ3) is 4.41. The minimum absolute atomic E-state index is 0.914. The molecule has 8 bridgehead atoms. The number of H-pyrrole nitrogens is 2. The van der Waals surface area contributed by atoms with Crippen molar-refractivity contribution in [2.75, 3.05) is 0 Å². The molecule has 3 aromatic heterocycles. The Labute approximate surface area is 224 Å². The normalized spacial score (nSPS) is 12.4. The van der Waals surface area contributed by atoms with Crippen molar-refractivity contribution in [3.05, 3.63) is 93.6 Å². The van der Waals surface area contributed by atoms with Crippen molar-refractivity contribution in [1.82, 2.24) is 19.9 Å². The van der Waals surface area contributed by atoms with E-state index in [1.54, 1.807) is 0 Å². The Hall–Kier alpha value is -4.18. The Morgan fingerprint density at radius 3 is 1.74 bits per heavy atom. The highest BCUT2D eigenvalue weighted by atomic mass is 14.8. The van der Waals surface area contributed by atoms with E-state index in [0.717, 1.165) is 70.5 Å². The zero-order chi connectivity index (χ0) is 26.2. The summed E-state index contributed by atoms with van der Waals surface area (Å²) < 4.78 is 0. The fourth-order valence-electron chi connectivity index (χ4n) is 5.95. The first kappa shape index (κ1) is 24.2. The molecule has 0 saturated carbocycles. The quantitative estimate of drug-likeness (QED) is 0.250. The van der Waals surface area contributed by atoms with Crippen LogP contribution < -0.4 is 0 Å². The molecule has 4 aromatic rings. The molecule has 0 unspecified atom stereocenters. The van der Waals surface area contributed by atoms with Gasteiger partial charge in [-0.1, -0.05) is 33.8 Å². The van der Waals surface area contributed by atoms with Gasteiger partial charge in [-0.2, -0.15) is 0 Å². The van der Waals surface area contributed by atoms with E-state index in [0.29, 0.717) is 0 Å². The number of nitrogens with zero attached hydrogens (tertiary/aromatic N) is 2. The van der Waals surface area contributed by atoms with Gasteiger partial charge in [0, 0.05) is 27.6 Å². The van der Waals surface area contributed by atoms with Gasteiger partial charge in [-0.15, -0.1) is 0 Å². The molecule has 4 nitrogen and oxygen atoms in total. The summed E-state index contributed by atoms with van der Waals surface area (Å²) in [5.41, 5.74) is 16.5. The molecule has 2 aliphatic heterocycles. The van der Waals surface area contributed by atoms with Gasteiger partial charge in [0.05, 0.1) is 22.8 Å². The second-order valence-corrected chi connectivity index (χ2v) is 10.0. The first-order valence-electron chi connectivity index (χ1n) is 13.8. The van der Waals surface area contributed by atoms with Gasteiger partial charge in [-0.25, -0.2) is 9.97 Å². The maximum atomic E-state index is 4.89. The number of benzene rings is 1. The second kappa shape index (κ2) is 9.94. The van der Waals surface area contributed by atoms with Crippen LogP contribution in [0.1, 0.15) is 72.7 Å². The van der Waals surface area contributed by atoms with Crippen LogP contribution in [-0.2, 0) is 25.7 Å². The summed E-state index contributed by atoms with van der Waals surface area (Å²) >= 11 is 0. The highest BCUT2D eigenvalue weighted by Gasteiger charge is 2.17. The molecule has 5 heterocycles. The van der Waals surface area contributed by atoms with Gasteiger partial charge < -0.3 is 9.97 Å². The van der Waals surface area contributed by atoms with E-state index in [9.17, 15) is 0 Å². The highest BCUT2D eigenvalue weighted by molar-refractivity contribution is 5.90. The number of aryl methyl sites for hydroxylation is 1. The van der Waals surface area contributed by atoms with E-state index in [4.69, 9.17) is 9.97 Å². The first-order valence-corrected chi connectivity index (χ1v) is 13.8. The van der Waals surface area contributed by atoms with Gasteiger partial charge in [0.1, 0.15) is 0 Å². The number of nitrogens with one attached hydrogen (secondary N) is 2. The molecule has 0 aliphatic carbocycles. The Balaban J connectivity index is 1.68. The molecule has 0 saturated heterocycles. The predicted octanol–water partition coefficient (Wildman–Crippen LogP) is 8.57. The summed E-state index contributed by atoms with van der Waals surface area (Å²) in [4.78, 5) is 16.9. The predicted molar refractivity (Wildman–Crippen MR) is 162 cm³/mol. The smallest absolute Gasteiger partial charge is 0.0659 e. The average Bonchev–Trinajstić information content (AvgIpc) is 3.72. The van der Waals surface area contributed by atoms with E-state index in [-0.39, 0.29) is 0 Å². The van der Waals surface area contributed by atoms with Crippen molar-refractivity contribution in [3.8, 4) is 11.1 Å². The van der Waals surface area contributed by atoms with E-state index in [2.05, 4.69) is 92.3 Å². The van der Waals surface area contributed by atoms with Crippen molar-refractivity contribution >= 4 is 46.4 Å². The van der Waals surface area contributed by atoms with Gasteiger partial charge in [0.2, 0.25) is 0 Å². The fraction of sp³-hybridized carbons (Fsp3) is 0.235. The lowest BCUT2D eigenvalue weighted by atomic mass is 9.84. The zero-order valence-electron chi connectivity index (χ0n) is 22.7. The Morgan fingerprint density at radius 1 is 0.500 bits per heavy atom. The van der Waals surface area contributed by atoms with E-state index < -0.39 is 0 Å². The summed E-state index contributed by atoms with van der Waals surface area (Å²) in [5.74, 6) is 0. The third-order valence-corrected chi connectivity index (χ3v) is 7.66. The minimum Gasteiger partial charge on any atom is -0.355 e. The molecule has 190 valence electrons. The summed E-state index contributed by atoms with van der Waals surface area (Å²) in [7, 11) is 0. The second-order valence-electron chi connectivity index (χ2n) is 10.0. The molecular formula is C34H34N4. The lowest BCUT2D eigenvalue weighted by Crippen LogP contribution is -2.05. The largest absolute Gasteiger partial charge is 0.355 e. The van der Waals surface area contributed by atoms with Crippen molar-refractivity contribution < 1.29 is 0 Å². The molecule has 38 heavy (non-hydrogen) atoms. The van der Waals surface area contributed by atoms with E-state index in [1.165, 1.54) is 33.4 Å². The third-order valence-electron chi connectivity index (χ3n) is 7.66. The lowest BCUT2D eigenvalue weighted by molar-refractivity contribution is 0.947. The van der Waals surface area contributed by atoms with Gasteiger partial charge in [0.25, 0.3) is 0 Å². The van der Waals surface area contributed by atoms with Crippen molar-refractivity contribution in [2.24, 2.45) is 0 Å². The number of hydrogen-bond acceptors (Lipinski definition) is 2.